The van der Waals surface area contributed by atoms with Crippen LogP contribution in [0.5, 0.6) is 11.5 Å². The summed E-state index contributed by atoms with van der Waals surface area (Å²) < 4.78 is 0. The van der Waals surface area contributed by atoms with Crippen LogP contribution in [-0.2, 0) is 59.0 Å². The first-order valence-electron chi connectivity index (χ1n) is 22.2. The third-order valence-corrected chi connectivity index (χ3v) is 11.0. The van der Waals surface area contributed by atoms with E-state index in [2.05, 4.69) is 184 Å². The van der Waals surface area contributed by atoms with E-state index in [0.29, 0.717) is 22.7 Å². The Bertz CT molecular complexity index is 2260. The minimum Gasteiger partial charge on any atom is -2.00 e. The topological polar surface area (TPSA) is 140 Å². The first kappa shape index (κ1) is 58.4. The molecule has 7 nitrogen and oxygen atoms in total. The van der Waals surface area contributed by atoms with E-state index in [-0.39, 0.29) is 70.5 Å². The van der Waals surface area contributed by atoms with Crippen molar-refractivity contribution < 1.29 is 36.8 Å². The van der Waals surface area contributed by atoms with Crippen molar-refractivity contribution in [3.63, 3.8) is 0 Å². The molecule has 0 N–H and O–H groups in total. The van der Waals surface area contributed by atoms with E-state index in [1.807, 2.05) is 38.4 Å². The molecule has 0 amide bonds. The number of hydrogen-bond donors (Lipinski definition) is 0. The van der Waals surface area contributed by atoms with Gasteiger partial charge >= 0.3 is 0 Å². The minimum atomic E-state index is -0.350. The van der Waals surface area contributed by atoms with Gasteiger partial charge in [-0.05, 0) is 90.8 Å². The Morgan fingerprint density at radius 3 is 0.954 bits per heavy atom. The second-order valence-corrected chi connectivity index (χ2v) is 23.2. The molecule has 8 heteroatoms. The molecule has 0 aliphatic heterocycles. The number of aryl methyl sites for hydroxylation is 2. The van der Waals surface area contributed by atoms with Gasteiger partial charge in [-0.25, -0.2) is 0 Å². The molecule has 0 saturated heterocycles. The summed E-state index contributed by atoms with van der Waals surface area (Å²) in [6, 6.07) is 24.7. The second kappa shape index (κ2) is 21.8. The van der Waals surface area contributed by atoms with Gasteiger partial charge in [0, 0.05) is 40.4 Å². The van der Waals surface area contributed by atoms with E-state index >= 15 is 0 Å². The van der Waals surface area contributed by atoms with Crippen molar-refractivity contribution in [1.82, 2.24) is 4.98 Å². The van der Waals surface area contributed by atoms with Crippen LogP contribution in [0.4, 0.5) is 22.7 Å². The summed E-state index contributed by atoms with van der Waals surface area (Å²) in [7, 11) is 0. The number of nitriles is 1. The zero-order valence-corrected chi connectivity index (χ0v) is 45.4. The van der Waals surface area contributed by atoms with Crippen molar-refractivity contribution in [2.75, 3.05) is 0 Å². The Labute approximate surface area is 408 Å². The average molecular weight is 961 g/mol. The number of pyridine rings is 1. The second-order valence-electron chi connectivity index (χ2n) is 23.2. The van der Waals surface area contributed by atoms with Gasteiger partial charge in [0.2, 0.25) is 0 Å². The minimum absolute atomic E-state index is 0. The van der Waals surface area contributed by atoms with Crippen LogP contribution in [0.3, 0.4) is 0 Å². The number of aromatic nitrogens is 1. The van der Waals surface area contributed by atoms with Crippen molar-refractivity contribution in [1.29, 1.82) is 5.26 Å². The maximum Gasteiger partial charge on any atom is 0.0587 e. The standard InChI is InChI=1S/C48H66N2O2.C7H9N.C2H3N.Mo.O/c1-43(2,3)29-19-21-33(37(25-29)49-39-27-31(45(7,8)9)23-35(41(39)51)47(13,14)15)34-22-20-30(44(4,5)6)26-38(34)50-40-28-32(46(10,11)12)24-36(42(40)52)48(16,17)18;1-6-3-7(2)5-8-4-6;1-2-3;;/h19-28,51-52H,1-18H3;3-5H,1-2H3;1H3;;/q-2;;;;-2/p-2. The van der Waals surface area contributed by atoms with E-state index in [9.17, 15) is 10.2 Å². The largest absolute Gasteiger partial charge is 2.00 e. The normalized spacial score (nSPS) is 11.9. The summed E-state index contributed by atoms with van der Waals surface area (Å²) in [5.41, 5.74) is 11.0. The molecule has 5 rings (SSSR count). The van der Waals surface area contributed by atoms with Crippen molar-refractivity contribution in [3.8, 4) is 28.7 Å². The van der Waals surface area contributed by atoms with Gasteiger partial charge in [-0.2, -0.15) is 5.26 Å². The molecule has 1 aromatic heterocycles. The van der Waals surface area contributed by atoms with E-state index in [0.717, 1.165) is 44.5 Å². The molecule has 65 heavy (non-hydrogen) atoms. The van der Waals surface area contributed by atoms with Crippen LogP contribution in [0.2, 0.25) is 0 Å². The van der Waals surface area contributed by atoms with Gasteiger partial charge < -0.3 is 26.3 Å². The van der Waals surface area contributed by atoms with Crippen molar-refractivity contribution in [3.05, 3.63) is 134 Å². The zero-order valence-electron chi connectivity index (χ0n) is 43.4. The predicted octanol–water partition coefficient (Wildman–Crippen LogP) is 16.1. The molecule has 0 unspecified atom stereocenters. The molecular weight excluding hydrogens is 885 g/mol. The first-order valence-corrected chi connectivity index (χ1v) is 22.2. The van der Waals surface area contributed by atoms with Crippen molar-refractivity contribution >= 4 is 22.7 Å². The van der Waals surface area contributed by atoms with Crippen LogP contribution in [0.15, 0.2) is 79.1 Å². The van der Waals surface area contributed by atoms with Crippen LogP contribution in [0.1, 0.15) is 176 Å². The van der Waals surface area contributed by atoms with Crippen LogP contribution < -0.4 is 10.2 Å². The predicted molar refractivity (Wildman–Crippen MR) is 267 cm³/mol. The van der Waals surface area contributed by atoms with Gasteiger partial charge in [-0.3, -0.25) is 4.98 Å². The van der Waals surface area contributed by atoms with E-state index in [1.54, 1.807) is 6.07 Å². The van der Waals surface area contributed by atoms with Gasteiger partial charge in [0.05, 0.1) is 6.07 Å². The Balaban J connectivity index is 0.00000143. The molecule has 0 saturated carbocycles. The summed E-state index contributed by atoms with van der Waals surface area (Å²) in [6.07, 6.45) is 3.71. The number of hydrogen-bond acceptors (Lipinski definition) is 4. The van der Waals surface area contributed by atoms with Crippen LogP contribution >= 0.6 is 0 Å². The smallest absolute Gasteiger partial charge is 0.0587 e. The fraction of sp³-hybridized carbons (Fsp3) is 0.474. The fourth-order valence-electron chi connectivity index (χ4n) is 6.98. The maximum absolute atomic E-state index is 14.2. The third kappa shape index (κ3) is 15.8. The Kier molecular flexibility index (Phi) is 19.6. The van der Waals surface area contributed by atoms with Gasteiger partial charge in [0.1, 0.15) is 0 Å². The van der Waals surface area contributed by atoms with E-state index in [1.165, 1.54) is 18.1 Å². The Morgan fingerprint density at radius 2 is 0.723 bits per heavy atom. The molecule has 0 radical (unpaired) electrons. The van der Waals surface area contributed by atoms with Crippen LogP contribution in [-0.4, -0.2) is 4.98 Å². The molecule has 4 aromatic carbocycles. The summed E-state index contributed by atoms with van der Waals surface area (Å²) in [5.74, 6) is -0.101. The molecule has 354 valence electrons. The molecule has 1 heterocycles. The molecule has 0 fully saturated rings. The average Bonchev–Trinajstić information content (AvgIpc) is 3.11. The van der Waals surface area contributed by atoms with Crippen molar-refractivity contribution in [2.45, 2.75) is 178 Å². The number of nitrogens with zero attached hydrogens (tertiary/aromatic N) is 4. The van der Waals surface area contributed by atoms with E-state index < -0.39 is 0 Å². The Hall–Kier alpha value is -4.63. The molecular formula is C57H76MoN4O3-6. The monoisotopic (exact) mass is 963 g/mol. The molecule has 0 bridgehead atoms. The van der Waals surface area contributed by atoms with Gasteiger partial charge in [-0.1, -0.05) is 202 Å². The summed E-state index contributed by atoms with van der Waals surface area (Å²) in [4.78, 5) is 3.98. The molecule has 0 aliphatic carbocycles. The number of benzene rings is 4. The number of rotatable bonds is 5. The fourth-order valence-corrected chi connectivity index (χ4v) is 6.98. The quantitative estimate of drug-likeness (QED) is 0.162. The molecule has 5 aromatic rings. The summed E-state index contributed by atoms with van der Waals surface area (Å²) in [6.45, 7) is 44.2. The van der Waals surface area contributed by atoms with E-state index in [4.69, 9.17) is 15.9 Å². The van der Waals surface area contributed by atoms with Gasteiger partial charge in [0.25, 0.3) is 0 Å². The summed E-state index contributed by atoms with van der Waals surface area (Å²) in [5, 5.41) is 46.2. The van der Waals surface area contributed by atoms with Crippen LogP contribution in [0, 0.1) is 25.2 Å². The first-order chi connectivity index (χ1) is 28.6. The molecule has 0 aliphatic rings. The maximum atomic E-state index is 14.2. The molecule has 0 spiro atoms. The molecule has 0 atom stereocenters. The third-order valence-electron chi connectivity index (χ3n) is 11.0. The van der Waals surface area contributed by atoms with Crippen LogP contribution in [0.25, 0.3) is 21.8 Å². The van der Waals surface area contributed by atoms with Crippen molar-refractivity contribution in [2.24, 2.45) is 0 Å². The van der Waals surface area contributed by atoms with Gasteiger partial charge in [0.15, 0.2) is 0 Å². The van der Waals surface area contributed by atoms with Gasteiger partial charge in [-0.15, -0.1) is 34.2 Å². The zero-order chi connectivity index (χ0) is 48.3. The summed E-state index contributed by atoms with van der Waals surface area (Å²) >= 11 is 0. The Morgan fingerprint density at radius 1 is 0.446 bits per heavy atom. The SMILES string of the molecule is CC#N.CC(C)(C)c1ccc(-c2ccc(C(C)(C)C)cc2[N-]c2cc(C(C)(C)C)cc(C(C)(C)C)c2[O-])c([N-]c2cc(C(C)(C)C)cc(C(C)(C)C)c2[O-])c1.Cc1cncc(C)c1.[Mo].[O-2].